The molecule has 4 aliphatic carbocycles. The lowest BCUT2D eigenvalue weighted by Gasteiger charge is -2.58. The third-order valence-corrected chi connectivity index (χ3v) is 11.0. The Morgan fingerprint density at radius 1 is 1.00 bits per heavy atom. The van der Waals surface area contributed by atoms with Gasteiger partial charge in [-0.3, -0.25) is 0 Å². The molecule has 1 heteroatoms. The van der Waals surface area contributed by atoms with E-state index in [9.17, 15) is 5.11 Å². The van der Waals surface area contributed by atoms with Crippen molar-refractivity contribution >= 4 is 0 Å². The first-order chi connectivity index (χ1) is 13.8. The monoisotopic (exact) mass is 400 g/mol. The van der Waals surface area contributed by atoms with Gasteiger partial charge in [0.05, 0.1) is 6.10 Å². The fourth-order valence-electron chi connectivity index (χ4n) is 9.01. The van der Waals surface area contributed by atoms with Crippen LogP contribution in [0.15, 0.2) is 11.6 Å². The minimum absolute atomic E-state index is 0.0773. The van der Waals surface area contributed by atoms with Gasteiger partial charge in [-0.25, -0.2) is 0 Å². The lowest BCUT2D eigenvalue weighted by Crippen LogP contribution is -2.50. The molecule has 0 aromatic heterocycles. The Morgan fingerprint density at radius 2 is 1.76 bits per heavy atom. The largest absolute Gasteiger partial charge is 0.393 e. The van der Waals surface area contributed by atoms with Crippen LogP contribution >= 0.6 is 0 Å². The Labute approximate surface area is 181 Å². The van der Waals surface area contributed by atoms with Crippen LogP contribution in [0.3, 0.4) is 0 Å². The summed E-state index contributed by atoms with van der Waals surface area (Å²) in [6.07, 6.45) is 18.5. The highest BCUT2D eigenvalue weighted by Gasteiger charge is 2.59. The normalized spacial score (nSPS) is 45.3. The molecule has 1 nitrogen and oxygen atoms in total. The van der Waals surface area contributed by atoms with Crippen molar-refractivity contribution in [2.24, 2.45) is 46.3 Å². The molecule has 0 bridgehead atoms. The Kier molecular flexibility index (Phi) is 6.29. The molecule has 3 fully saturated rings. The van der Waals surface area contributed by atoms with Crippen LogP contribution in [-0.4, -0.2) is 11.2 Å². The summed E-state index contributed by atoms with van der Waals surface area (Å²) in [6.45, 7) is 12.6. The highest BCUT2D eigenvalue weighted by molar-refractivity contribution is 5.25. The SMILES string of the molecule is CCC(CC)CC[C@@H](C)[C@H]1CC[C@@H]2[C@H]3CC=C4C[C@H](O)CC[C@]4(C)[C@H]3CC[C@@]21C. The van der Waals surface area contributed by atoms with Crippen molar-refractivity contribution in [1.29, 1.82) is 0 Å². The summed E-state index contributed by atoms with van der Waals surface area (Å²) in [6, 6.07) is 0. The molecule has 29 heavy (non-hydrogen) atoms. The average molecular weight is 401 g/mol. The Hall–Kier alpha value is -0.300. The molecular formula is C28H48O. The van der Waals surface area contributed by atoms with E-state index in [1.54, 1.807) is 5.57 Å². The van der Waals surface area contributed by atoms with Crippen molar-refractivity contribution < 1.29 is 5.11 Å². The minimum Gasteiger partial charge on any atom is -0.393 e. The topological polar surface area (TPSA) is 20.2 Å². The fraction of sp³-hybridized carbons (Fsp3) is 0.929. The lowest BCUT2D eigenvalue weighted by molar-refractivity contribution is -0.0574. The molecule has 0 spiro atoms. The van der Waals surface area contributed by atoms with Gasteiger partial charge in [0.1, 0.15) is 0 Å². The van der Waals surface area contributed by atoms with Crippen molar-refractivity contribution in [3.05, 3.63) is 11.6 Å². The summed E-state index contributed by atoms with van der Waals surface area (Å²) >= 11 is 0. The fourth-order valence-corrected chi connectivity index (χ4v) is 9.01. The predicted molar refractivity (Wildman–Crippen MR) is 124 cm³/mol. The molecule has 0 aliphatic heterocycles. The number of aliphatic hydroxyl groups is 1. The minimum atomic E-state index is -0.0773. The molecule has 0 aromatic carbocycles. The van der Waals surface area contributed by atoms with Gasteiger partial charge < -0.3 is 5.11 Å². The first kappa shape index (κ1) is 21.9. The third kappa shape index (κ3) is 3.66. The molecule has 0 unspecified atom stereocenters. The van der Waals surface area contributed by atoms with Crippen LogP contribution in [0.2, 0.25) is 0 Å². The van der Waals surface area contributed by atoms with Crippen LogP contribution in [0.4, 0.5) is 0 Å². The average Bonchev–Trinajstić information content (AvgIpc) is 3.06. The summed E-state index contributed by atoms with van der Waals surface area (Å²) in [5.74, 6) is 5.54. The molecule has 4 aliphatic rings. The zero-order valence-electron chi connectivity index (χ0n) is 20.1. The summed E-state index contributed by atoms with van der Waals surface area (Å²) < 4.78 is 0. The number of hydrogen-bond donors (Lipinski definition) is 1. The highest BCUT2D eigenvalue weighted by atomic mass is 16.3. The maximum Gasteiger partial charge on any atom is 0.0577 e. The van der Waals surface area contributed by atoms with E-state index in [2.05, 4.69) is 40.7 Å². The van der Waals surface area contributed by atoms with Crippen molar-refractivity contribution in [3.8, 4) is 0 Å². The molecule has 0 aromatic rings. The van der Waals surface area contributed by atoms with E-state index in [0.29, 0.717) is 10.8 Å². The molecule has 4 rings (SSSR count). The third-order valence-electron chi connectivity index (χ3n) is 11.0. The maximum atomic E-state index is 10.2. The van der Waals surface area contributed by atoms with Gasteiger partial charge in [-0.05, 0) is 97.7 Å². The smallest absolute Gasteiger partial charge is 0.0577 e. The Bertz CT molecular complexity index is 603. The number of aliphatic hydroxyl groups excluding tert-OH is 1. The van der Waals surface area contributed by atoms with Gasteiger partial charge in [0.25, 0.3) is 0 Å². The van der Waals surface area contributed by atoms with Gasteiger partial charge >= 0.3 is 0 Å². The second-order valence-electron chi connectivity index (χ2n) is 12.1. The van der Waals surface area contributed by atoms with Gasteiger partial charge in [0.15, 0.2) is 0 Å². The molecule has 3 saturated carbocycles. The first-order valence-electron chi connectivity index (χ1n) is 13.2. The van der Waals surface area contributed by atoms with E-state index in [0.717, 1.165) is 48.3 Å². The number of allylic oxidation sites excluding steroid dienone is 1. The Balaban J connectivity index is 1.48. The zero-order valence-corrected chi connectivity index (χ0v) is 20.1. The molecule has 8 atom stereocenters. The van der Waals surface area contributed by atoms with Gasteiger partial charge in [-0.2, -0.15) is 0 Å². The maximum absolute atomic E-state index is 10.2. The number of fused-ring (bicyclic) bond motifs is 5. The molecule has 166 valence electrons. The molecule has 0 heterocycles. The van der Waals surface area contributed by atoms with Gasteiger partial charge in [-0.15, -0.1) is 0 Å². The van der Waals surface area contributed by atoms with E-state index >= 15 is 0 Å². The quantitative estimate of drug-likeness (QED) is 0.451. The summed E-state index contributed by atoms with van der Waals surface area (Å²) in [5, 5.41) is 10.2. The summed E-state index contributed by atoms with van der Waals surface area (Å²) in [7, 11) is 0. The molecule has 0 radical (unpaired) electrons. The van der Waals surface area contributed by atoms with Crippen LogP contribution in [0.1, 0.15) is 112 Å². The molecule has 0 saturated heterocycles. The van der Waals surface area contributed by atoms with E-state index < -0.39 is 0 Å². The molecule has 0 amide bonds. The van der Waals surface area contributed by atoms with Crippen LogP contribution in [-0.2, 0) is 0 Å². The summed E-state index contributed by atoms with van der Waals surface area (Å²) in [5.41, 5.74) is 2.60. The second-order valence-corrected chi connectivity index (χ2v) is 12.1. The van der Waals surface area contributed by atoms with Crippen LogP contribution in [0.5, 0.6) is 0 Å². The van der Waals surface area contributed by atoms with E-state index in [-0.39, 0.29) is 6.10 Å². The number of rotatable bonds is 6. The van der Waals surface area contributed by atoms with E-state index in [1.807, 2.05) is 0 Å². The van der Waals surface area contributed by atoms with Crippen molar-refractivity contribution in [1.82, 2.24) is 0 Å². The molecule has 1 N–H and O–H groups in total. The summed E-state index contributed by atoms with van der Waals surface area (Å²) in [4.78, 5) is 0. The zero-order chi connectivity index (χ0) is 20.8. The first-order valence-corrected chi connectivity index (χ1v) is 13.2. The van der Waals surface area contributed by atoms with Crippen LogP contribution < -0.4 is 0 Å². The van der Waals surface area contributed by atoms with E-state index in [1.165, 1.54) is 64.2 Å². The van der Waals surface area contributed by atoms with Crippen molar-refractivity contribution in [2.45, 2.75) is 118 Å². The predicted octanol–water partition coefficient (Wildman–Crippen LogP) is 7.78. The van der Waals surface area contributed by atoms with Gasteiger partial charge in [0, 0.05) is 0 Å². The Morgan fingerprint density at radius 3 is 2.48 bits per heavy atom. The van der Waals surface area contributed by atoms with Crippen LogP contribution in [0.25, 0.3) is 0 Å². The highest BCUT2D eigenvalue weighted by Crippen LogP contribution is 2.67. The second kappa shape index (κ2) is 8.33. The lowest BCUT2D eigenvalue weighted by atomic mass is 9.47. The van der Waals surface area contributed by atoms with Gasteiger partial charge in [0.2, 0.25) is 0 Å². The van der Waals surface area contributed by atoms with Crippen molar-refractivity contribution in [3.63, 3.8) is 0 Å². The van der Waals surface area contributed by atoms with E-state index in [4.69, 9.17) is 0 Å². The van der Waals surface area contributed by atoms with Crippen LogP contribution in [0, 0.1) is 46.3 Å². The van der Waals surface area contributed by atoms with Crippen molar-refractivity contribution in [2.75, 3.05) is 0 Å². The van der Waals surface area contributed by atoms with Gasteiger partial charge in [-0.1, -0.05) is 72.0 Å². The standard InChI is InChI=1S/C28H48O/c1-6-20(7-2)9-8-19(3)24-12-13-25-23-11-10-21-18-22(29)14-16-27(21,4)26(23)15-17-28(24,25)5/h10,19-20,22-26,29H,6-9,11-18H2,1-5H3/t19-,22-,23-,24-,25-,26+,27+,28-/m1/s1. The number of hydrogen-bond acceptors (Lipinski definition) is 1. The molecular weight excluding hydrogens is 352 g/mol.